The molecule has 0 aliphatic carbocycles. The van der Waals surface area contributed by atoms with Crippen LogP contribution in [0.4, 0.5) is 0 Å². The summed E-state index contributed by atoms with van der Waals surface area (Å²) in [6.45, 7) is 0.449. The summed E-state index contributed by atoms with van der Waals surface area (Å²) < 4.78 is 5.65. The van der Waals surface area contributed by atoms with Crippen LogP contribution in [0.5, 0.6) is 5.75 Å². The van der Waals surface area contributed by atoms with Gasteiger partial charge < -0.3 is 9.84 Å². The van der Waals surface area contributed by atoms with E-state index in [0.717, 1.165) is 11.1 Å². The van der Waals surface area contributed by atoms with E-state index in [2.05, 4.69) is 0 Å². The van der Waals surface area contributed by atoms with Crippen molar-refractivity contribution in [2.75, 3.05) is 0 Å². The van der Waals surface area contributed by atoms with E-state index in [1.807, 2.05) is 48.5 Å². The summed E-state index contributed by atoms with van der Waals surface area (Å²) in [5.41, 5.74) is 1.84. The number of hydrogen-bond donors (Lipinski definition) is 1. The average molecular weight is 249 g/mol. The van der Waals surface area contributed by atoms with Gasteiger partial charge in [0.2, 0.25) is 0 Å². The molecule has 0 radical (unpaired) electrons. The maximum atomic E-state index is 9.15. The predicted octanol–water partition coefficient (Wildman–Crippen LogP) is 3.41. The van der Waals surface area contributed by atoms with Crippen LogP contribution in [0, 0.1) is 0 Å². The van der Waals surface area contributed by atoms with E-state index < -0.39 is 0 Å². The first-order valence-electron chi connectivity index (χ1n) is 5.35. The van der Waals surface area contributed by atoms with Crippen molar-refractivity contribution >= 4 is 11.6 Å². The molecular weight excluding hydrogens is 236 g/mol. The molecule has 88 valence electrons. The normalized spacial score (nSPS) is 10.2. The Labute approximate surface area is 105 Å². The Morgan fingerprint density at radius 3 is 2.41 bits per heavy atom. The van der Waals surface area contributed by atoms with E-state index in [0.29, 0.717) is 17.4 Å². The number of aliphatic hydroxyl groups is 1. The van der Waals surface area contributed by atoms with Crippen LogP contribution in [0.25, 0.3) is 0 Å². The summed E-state index contributed by atoms with van der Waals surface area (Å²) in [4.78, 5) is 0. The van der Waals surface area contributed by atoms with E-state index in [4.69, 9.17) is 21.4 Å². The number of aliphatic hydroxyl groups excluding tert-OH is 1. The highest BCUT2D eigenvalue weighted by Crippen LogP contribution is 2.19. The van der Waals surface area contributed by atoms with Crippen molar-refractivity contribution in [2.45, 2.75) is 13.2 Å². The molecule has 0 heterocycles. The number of benzene rings is 2. The Morgan fingerprint density at radius 1 is 1.00 bits per heavy atom. The lowest BCUT2D eigenvalue weighted by Gasteiger charge is -2.09. The third-order valence-electron chi connectivity index (χ3n) is 2.45. The fourth-order valence-electron chi connectivity index (χ4n) is 1.52. The molecule has 0 amide bonds. The van der Waals surface area contributed by atoms with Crippen LogP contribution < -0.4 is 4.74 Å². The smallest absolute Gasteiger partial charge is 0.125 e. The Hall–Kier alpha value is -1.51. The van der Waals surface area contributed by atoms with E-state index in [1.165, 1.54) is 0 Å². The molecule has 0 spiro atoms. The van der Waals surface area contributed by atoms with Gasteiger partial charge in [-0.25, -0.2) is 0 Å². The highest BCUT2D eigenvalue weighted by atomic mass is 35.5. The van der Waals surface area contributed by atoms with E-state index in [9.17, 15) is 0 Å². The molecule has 2 nitrogen and oxygen atoms in total. The fourth-order valence-corrected chi connectivity index (χ4v) is 1.64. The number of rotatable bonds is 4. The average Bonchev–Trinajstić information content (AvgIpc) is 2.38. The minimum Gasteiger partial charge on any atom is -0.489 e. The van der Waals surface area contributed by atoms with Gasteiger partial charge in [0.1, 0.15) is 12.4 Å². The molecule has 0 aliphatic heterocycles. The van der Waals surface area contributed by atoms with Crippen LogP contribution >= 0.6 is 11.6 Å². The van der Waals surface area contributed by atoms with Gasteiger partial charge in [0.25, 0.3) is 0 Å². The molecule has 0 unspecified atom stereocenters. The largest absolute Gasteiger partial charge is 0.489 e. The molecule has 0 saturated carbocycles. The maximum absolute atomic E-state index is 9.15. The second-order valence-electron chi connectivity index (χ2n) is 3.68. The molecular formula is C14H13ClO2. The number of ether oxygens (including phenoxy) is 1. The van der Waals surface area contributed by atoms with E-state index in [-0.39, 0.29) is 6.61 Å². The van der Waals surface area contributed by atoms with Gasteiger partial charge in [0, 0.05) is 10.6 Å². The first kappa shape index (κ1) is 12.0. The predicted molar refractivity (Wildman–Crippen MR) is 68.1 cm³/mol. The summed E-state index contributed by atoms with van der Waals surface area (Å²) in [5, 5.41) is 9.87. The highest BCUT2D eigenvalue weighted by molar-refractivity contribution is 6.30. The molecule has 0 fully saturated rings. The van der Waals surface area contributed by atoms with Crippen molar-refractivity contribution in [3.63, 3.8) is 0 Å². The second kappa shape index (κ2) is 5.71. The van der Waals surface area contributed by atoms with Crippen LogP contribution in [0.3, 0.4) is 0 Å². The quantitative estimate of drug-likeness (QED) is 0.899. The van der Waals surface area contributed by atoms with E-state index in [1.54, 1.807) is 0 Å². The van der Waals surface area contributed by atoms with E-state index >= 15 is 0 Å². The zero-order valence-electron chi connectivity index (χ0n) is 9.27. The van der Waals surface area contributed by atoms with Crippen LogP contribution in [0.15, 0.2) is 48.5 Å². The zero-order chi connectivity index (χ0) is 12.1. The van der Waals surface area contributed by atoms with Gasteiger partial charge in [-0.3, -0.25) is 0 Å². The number of halogens is 1. The third kappa shape index (κ3) is 3.22. The number of para-hydroxylation sites is 1. The molecule has 2 rings (SSSR count). The van der Waals surface area contributed by atoms with Crippen molar-refractivity contribution in [1.29, 1.82) is 0 Å². The first-order chi connectivity index (χ1) is 8.29. The van der Waals surface area contributed by atoms with Crippen molar-refractivity contribution in [2.24, 2.45) is 0 Å². The molecule has 0 bridgehead atoms. The standard InChI is InChI=1S/C14H13ClO2/c15-13-7-5-11(6-8-13)10-17-14-4-2-1-3-12(14)9-16/h1-8,16H,9-10H2. The lowest BCUT2D eigenvalue weighted by atomic mass is 10.2. The fraction of sp³-hybridized carbons (Fsp3) is 0.143. The van der Waals surface area contributed by atoms with Crippen LogP contribution in [-0.2, 0) is 13.2 Å². The molecule has 1 N–H and O–H groups in total. The summed E-state index contributed by atoms with van der Waals surface area (Å²) in [5.74, 6) is 0.713. The third-order valence-corrected chi connectivity index (χ3v) is 2.70. The molecule has 0 aromatic heterocycles. The Kier molecular flexibility index (Phi) is 4.02. The second-order valence-corrected chi connectivity index (χ2v) is 4.12. The molecule has 0 atom stereocenters. The Balaban J connectivity index is 2.04. The summed E-state index contributed by atoms with van der Waals surface area (Å²) in [7, 11) is 0. The van der Waals surface area contributed by atoms with Crippen molar-refractivity contribution in [1.82, 2.24) is 0 Å². The molecule has 2 aromatic rings. The van der Waals surface area contributed by atoms with Gasteiger partial charge in [0.05, 0.1) is 6.61 Å². The lowest BCUT2D eigenvalue weighted by Crippen LogP contribution is -1.98. The van der Waals surface area contributed by atoms with Crippen molar-refractivity contribution in [3.8, 4) is 5.75 Å². The van der Waals surface area contributed by atoms with Crippen molar-refractivity contribution < 1.29 is 9.84 Å². The zero-order valence-corrected chi connectivity index (χ0v) is 10.0. The Morgan fingerprint density at radius 2 is 1.71 bits per heavy atom. The van der Waals surface area contributed by atoms with Gasteiger partial charge in [-0.05, 0) is 23.8 Å². The van der Waals surface area contributed by atoms with Gasteiger partial charge in [-0.1, -0.05) is 41.9 Å². The van der Waals surface area contributed by atoms with Crippen LogP contribution in [0.1, 0.15) is 11.1 Å². The molecule has 17 heavy (non-hydrogen) atoms. The van der Waals surface area contributed by atoms with Gasteiger partial charge in [-0.15, -0.1) is 0 Å². The van der Waals surface area contributed by atoms with Crippen molar-refractivity contribution in [3.05, 3.63) is 64.7 Å². The number of hydrogen-bond acceptors (Lipinski definition) is 2. The summed E-state index contributed by atoms with van der Waals surface area (Å²) in [6.07, 6.45) is 0. The summed E-state index contributed by atoms with van der Waals surface area (Å²) in [6, 6.07) is 15.0. The summed E-state index contributed by atoms with van der Waals surface area (Å²) >= 11 is 5.80. The van der Waals surface area contributed by atoms with Crippen LogP contribution in [0.2, 0.25) is 5.02 Å². The SMILES string of the molecule is OCc1ccccc1OCc1ccc(Cl)cc1. The molecule has 0 aliphatic rings. The topological polar surface area (TPSA) is 29.5 Å². The first-order valence-corrected chi connectivity index (χ1v) is 5.73. The molecule has 3 heteroatoms. The lowest BCUT2D eigenvalue weighted by molar-refractivity contribution is 0.259. The maximum Gasteiger partial charge on any atom is 0.125 e. The minimum absolute atomic E-state index is 0.0171. The Bertz CT molecular complexity index is 480. The minimum atomic E-state index is -0.0171. The van der Waals surface area contributed by atoms with Crippen LogP contribution in [-0.4, -0.2) is 5.11 Å². The highest BCUT2D eigenvalue weighted by Gasteiger charge is 2.01. The van der Waals surface area contributed by atoms with Gasteiger partial charge in [-0.2, -0.15) is 0 Å². The molecule has 0 saturated heterocycles. The van der Waals surface area contributed by atoms with Gasteiger partial charge in [0.15, 0.2) is 0 Å². The monoisotopic (exact) mass is 248 g/mol. The van der Waals surface area contributed by atoms with Gasteiger partial charge >= 0.3 is 0 Å². The molecule has 2 aromatic carbocycles.